The normalized spacial score (nSPS) is 11.8. The molecule has 0 aliphatic rings. The Labute approximate surface area is 333 Å². The zero-order valence-corrected chi connectivity index (χ0v) is 31.2. The molecule has 5 heteroatoms. The molecular weight excluding hydrogens is 709 g/mol. The Morgan fingerprint density at radius 1 is 0.397 bits per heavy atom. The second kappa shape index (κ2) is 12.8. The summed E-state index contributed by atoms with van der Waals surface area (Å²) in [6.45, 7) is 0. The largest absolute Gasteiger partial charge is 0.455 e. The lowest BCUT2D eigenvalue weighted by Crippen LogP contribution is -1.97. The number of hydrogen-bond acceptors (Lipinski definition) is 4. The first-order valence-electron chi connectivity index (χ1n) is 19.5. The Morgan fingerprint density at radius 3 is 1.76 bits per heavy atom. The molecule has 0 N–H and O–H groups in total. The monoisotopic (exact) mass is 740 g/mol. The molecule has 0 saturated heterocycles. The Kier molecular flexibility index (Phi) is 7.16. The van der Waals surface area contributed by atoms with Gasteiger partial charge < -0.3 is 8.98 Å². The number of rotatable bonds is 5. The number of para-hydroxylation sites is 3. The highest BCUT2D eigenvalue weighted by Gasteiger charge is 2.20. The lowest BCUT2D eigenvalue weighted by molar-refractivity contribution is 0.673. The van der Waals surface area contributed by atoms with Crippen molar-refractivity contribution in [1.82, 2.24) is 19.5 Å². The molecule has 0 saturated carbocycles. The van der Waals surface area contributed by atoms with E-state index in [1.807, 2.05) is 30.3 Å². The molecule has 5 nitrogen and oxygen atoms in total. The number of nitrogens with zero attached hydrogens (tertiary/aromatic N) is 4. The van der Waals surface area contributed by atoms with Crippen molar-refractivity contribution < 1.29 is 4.42 Å². The molecule has 0 spiro atoms. The lowest BCUT2D eigenvalue weighted by Gasteiger charge is -2.12. The molecule has 270 valence electrons. The summed E-state index contributed by atoms with van der Waals surface area (Å²) in [4.78, 5) is 15.8. The van der Waals surface area contributed by atoms with E-state index in [0.717, 1.165) is 88.6 Å². The van der Waals surface area contributed by atoms with Crippen LogP contribution in [-0.4, -0.2) is 19.5 Å². The van der Waals surface area contributed by atoms with E-state index < -0.39 is 0 Å². The summed E-state index contributed by atoms with van der Waals surface area (Å²) >= 11 is 0. The Morgan fingerprint density at radius 2 is 1.00 bits per heavy atom. The molecule has 0 amide bonds. The Hall–Kier alpha value is -7.89. The van der Waals surface area contributed by atoms with Crippen LogP contribution in [0.15, 0.2) is 199 Å². The number of aromatic nitrogens is 4. The van der Waals surface area contributed by atoms with Gasteiger partial charge >= 0.3 is 0 Å². The van der Waals surface area contributed by atoms with Crippen LogP contribution in [0.4, 0.5) is 0 Å². The number of fused-ring (bicyclic) bond motifs is 10. The van der Waals surface area contributed by atoms with Gasteiger partial charge in [-0.05, 0) is 59.3 Å². The molecule has 0 unspecified atom stereocenters. The zero-order valence-electron chi connectivity index (χ0n) is 31.2. The standard InChI is InChI=1S/C53H32N4O/c1-2-14-34(15-3-1)44-32-45(35-25-28-38(29-26-35)57-46-22-9-6-19-40(46)41-20-7-10-23-47(41)57)56-53(55-44)37-17-12-16-36(31-37)51-50-42-21-8-11-24-48(42)58-52(50)49-39-18-5-4-13-33(39)27-30-43(49)54-51/h1-32H. The summed E-state index contributed by atoms with van der Waals surface area (Å²) in [6, 6.07) is 67.7. The summed E-state index contributed by atoms with van der Waals surface area (Å²) in [7, 11) is 0. The Bertz CT molecular complexity index is 3510. The van der Waals surface area contributed by atoms with Crippen molar-refractivity contribution in [2.45, 2.75) is 0 Å². The average Bonchev–Trinajstić information content (AvgIpc) is 3.85. The van der Waals surface area contributed by atoms with Crippen molar-refractivity contribution in [1.29, 1.82) is 0 Å². The quantitative estimate of drug-likeness (QED) is 0.165. The van der Waals surface area contributed by atoms with Gasteiger partial charge in [0.05, 0.1) is 44.4 Å². The Balaban J connectivity index is 1.02. The van der Waals surface area contributed by atoms with Gasteiger partial charge in [-0.2, -0.15) is 0 Å². The summed E-state index contributed by atoms with van der Waals surface area (Å²) in [5.41, 5.74) is 12.5. The van der Waals surface area contributed by atoms with Gasteiger partial charge in [-0.3, -0.25) is 0 Å². The van der Waals surface area contributed by atoms with E-state index in [1.165, 1.54) is 21.8 Å². The molecule has 0 radical (unpaired) electrons. The van der Waals surface area contributed by atoms with E-state index in [-0.39, 0.29) is 0 Å². The van der Waals surface area contributed by atoms with Gasteiger partial charge in [0, 0.05) is 44.1 Å². The smallest absolute Gasteiger partial charge is 0.160 e. The van der Waals surface area contributed by atoms with Gasteiger partial charge in [0.1, 0.15) is 11.2 Å². The highest BCUT2D eigenvalue weighted by Crippen LogP contribution is 2.42. The van der Waals surface area contributed by atoms with E-state index in [4.69, 9.17) is 19.4 Å². The predicted molar refractivity (Wildman–Crippen MR) is 238 cm³/mol. The van der Waals surface area contributed by atoms with Gasteiger partial charge in [-0.1, -0.05) is 146 Å². The first kappa shape index (κ1) is 32.4. The van der Waals surface area contributed by atoms with Crippen molar-refractivity contribution in [2.75, 3.05) is 0 Å². The van der Waals surface area contributed by atoms with E-state index in [2.05, 4.69) is 168 Å². The minimum atomic E-state index is 0.643. The van der Waals surface area contributed by atoms with Crippen LogP contribution in [-0.2, 0) is 0 Å². The molecule has 0 aliphatic carbocycles. The van der Waals surface area contributed by atoms with Crippen LogP contribution >= 0.6 is 0 Å². The fraction of sp³-hybridized carbons (Fsp3) is 0. The van der Waals surface area contributed by atoms with E-state index in [1.54, 1.807) is 0 Å². The van der Waals surface area contributed by atoms with Crippen LogP contribution in [0.1, 0.15) is 0 Å². The number of furan rings is 1. The van der Waals surface area contributed by atoms with E-state index in [9.17, 15) is 0 Å². The van der Waals surface area contributed by atoms with Crippen LogP contribution < -0.4 is 0 Å². The zero-order chi connectivity index (χ0) is 38.2. The summed E-state index contributed by atoms with van der Waals surface area (Å²) in [5, 5.41) is 7.82. The average molecular weight is 741 g/mol. The molecule has 0 fully saturated rings. The lowest BCUT2D eigenvalue weighted by atomic mass is 9.98. The minimum absolute atomic E-state index is 0.643. The molecular formula is C53H32N4O. The van der Waals surface area contributed by atoms with Crippen molar-refractivity contribution in [2.24, 2.45) is 0 Å². The SMILES string of the molecule is c1ccc(-c2cc(-c3ccc(-n4c5ccccc5c5ccccc54)cc3)nc(-c3cccc(-c4nc5ccc6ccccc6c5c5oc6ccccc6c45)c3)n2)cc1. The fourth-order valence-electron chi connectivity index (χ4n) is 8.70. The predicted octanol–water partition coefficient (Wildman–Crippen LogP) is 13.8. The van der Waals surface area contributed by atoms with Gasteiger partial charge in [-0.15, -0.1) is 0 Å². The second-order valence-electron chi connectivity index (χ2n) is 14.8. The first-order chi connectivity index (χ1) is 28.7. The van der Waals surface area contributed by atoms with Gasteiger partial charge in [0.25, 0.3) is 0 Å². The number of pyridine rings is 1. The molecule has 4 aromatic heterocycles. The molecule has 58 heavy (non-hydrogen) atoms. The molecule has 8 aromatic carbocycles. The molecule has 0 bridgehead atoms. The van der Waals surface area contributed by atoms with Crippen molar-refractivity contribution in [3.8, 4) is 50.8 Å². The van der Waals surface area contributed by atoms with Crippen LogP contribution in [0.25, 0.3) is 116 Å². The van der Waals surface area contributed by atoms with Crippen molar-refractivity contribution >= 4 is 65.4 Å². The fourth-order valence-corrected chi connectivity index (χ4v) is 8.70. The van der Waals surface area contributed by atoms with E-state index in [0.29, 0.717) is 5.82 Å². The molecule has 12 aromatic rings. The van der Waals surface area contributed by atoms with Crippen molar-refractivity contribution in [3.05, 3.63) is 194 Å². The van der Waals surface area contributed by atoms with Crippen molar-refractivity contribution in [3.63, 3.8) is 0 Å². The third-order valence-electron chi connectivity index (χ3n) is 11.4. The second-order valence-corrected chi connectivity index (χ2v) is 14.8. The van der Waals surface area contributed by atoms with Gasteiger partial charge in [-0.25, -0.2) is 15.0 Å². The van der Waals surface area contributed by atoms with Gasteiger partial charge in [0.15, 0.2) is 5.82 Å². The summed E-state index contributed by atoms with van der Waals surface area (Å²) < 4.78 is 9.03. The van der Waals surface area contributed by atoms with Crippen LogP contribution in [0.2, 0.25) is 0 Å². The van der Waals surface area contributed by atoms with Crippen LogP contribution in [0.3, 0.4) is 0 Å². The molecule has 0 aliphatic heterocycles. The number of hydrogen-bond donors (Lipinski definition) is 0. The molecule has 12 rings (SSSR count). The van der Waals surface area contributed by atoms with E-state index >= 15 is 0 Å². The third kappa shape index (κ3) is 5.07. The third-order valence-corrected chi connectivity index (χ3v) is 11.4. The maximum atomic E-state index is 6.69. The molecule has 4 heterocycles. The maximum absolute atomic E-state index is 6.69. The molecule has 0 atom stereocenters. The highest BCUT2D eigenvalue weighted by atomic mass is 16.3. The number of benzene rings is 8. The van der Waals surface area contributed by atoms with Gasteiger partial charge in [0.2, 0.25) is 0 Å². The minimum Gasteiger partial charge on any atom is -0.455 e. The van der Waals surface area contributed by atoms with Crippen LogP contribution in [0.5, 0.6) is 0 Å². The summed E-state index contributed by atoms with van der Waals surface area (Å²) in [6.07, 6.45) is 0. The van der Waals surface area contributed by atoms with Crippen LogP contribution in [0, 0.1) is 0 Å². The maximum Gasteiger partial charge on any atom is 0.160 e. The topological polar surface area (TPSA) is 56.7 Å². The highest BCUT2D eigenvalue weighted by molar-refractivity contribution is 6.25. The summed E-state index contributed by atoms with van der Waals surface area (Å²) in [5.74, 6) is 0.643. The first-order valence-corrected chi connectivity index (χ1v) is 19.5.